The first-order valence-electron chi connectivity index (χ1n) is 11.1. The average molecular weight is 460 g/mol. The quantitative estimate of drug-likeness (QED) is 0.347. The summed E-state index contributed by atoms with van der Waals surface area (Å²) >= 11 is 0. The number of hydrogen-bond acceptors (Lipinski definition) is 4. The largest absolute Gasteiger partial charge is 0.480 e. The number of aliphatic carboxylic acids is 1. The molecule has 7 heteroatoms. The number of rotatable bonds is 10. The van der Waals surface area contributed by atoms with Gasteiger partial charge >= 0.3 is 5.97 Å². The summed E-state index contributed by atoms with van der Waals surface area (Å²) in [7, 11) is 0. The van der Waals surface area contributed by atoms with E-state index in [1.54, 1.807) is 0 Å². The van der Waals surface area contributed by atoms with Gasteiger partial charge in [-0.2, -0.15) is 0 Å². The normalized spacial score (nSPS) is 12.9. The molecular formula is C27H29N3O4. The third-order valence-corrected chi connectivity index (χ3v) is 5.64. The summed E-state index contributed by atoms with van der Waals surface area (Å²) in [5, 5.41) is 15.1. The third kappa shape index (κ3) is 5.68. The maximum Gasteiger partial charge on any atom is 0.326 e. The van der Waals surface area contributed by atoms with E-state index in [1.807, 2.05) is 91.0 Å². The van der Waals surface area contributed by atoms with Gasteiger partial charge in [-0.3, -0.25) is 9.59 Å². The standard InChI is InChI=1S/C27H29N3O4/c1-19(28)25(32)29-23(26(33)34)17-18-24(31)30-27(20-11-5-2-6-12-20,21-13-7-3-8-14-21)22-15-9-4-10-16-22/h2-16,19,23H,17-18,28H2,1H3,(H,29,32)(H,30,31)(H,33,34)/t19-,23-/m0/s1. The van der Waals surface area contributed by atoms with Crippen LogP contribution in [-0.2, 0) is 19.9 Å². The Kier molecular flexibility index (Phi) is 8.16. The van der Waals surface area contributed by atoms with E-state index in [0.717, 1.165) is 16.7 Å². The highest BCUT2D eigenvalue weighted by Gasteiger charge is 2.38. The minimum atomic E-state index is -1.22. The molecule has 0 aromatic heterocycles. The lowest BCUT2D eigenvalue weighted by molar-refractivity contribution is -0.142. The fourth-order valence-electron chi connectivity index (χ4n) is 3.89. The first-order valence-corrected chi connectivity index (χ1v) is 11.1. The van der Waals surface area contributed by atoms with Gasteiger partial charge in [0.1, 0.15) is 11.6 Å². The van der Waals surface area contributed by atoms with Gasteiger partial charge in [-0.15, -0.1) is 0 Å². The van der Waals surface area contributed by atoms with Crippen LogP contribution >= 0.6 is 0 Å². The van der Waals surface area contributed by atoms with E-state index in [9.17, 15) is 19.5 Å². The summed E-state index contributed by atoms with van der Waals surface area (Å²) in [6.45, 7) is 1.47. The predicted octanol–water partition coefficient (Wildman–Crippen LogP) is 2.79. The van der Waals surface area contributed by atoms with Crippen molar-refractivity contribution in [1.82, 2.24) is 10.6 Å². The molecule has 0 aliphatic rings. The van der Waals surface area contributed by atoms with E-state index in [0.29, 0.717) is 0 Å². The molecule has 7 nitrogen and oxygen atoms in total. The number of carboxylic acid groups (broad SMARTS) is 1. The topological polar surface area (TPSA) is 122 Å². The van der Waals surface area contributed by atoms with E-state index in [1.165, 1.54) is 6.92 Å². The summed E-state index contributed by atoms with van der Waals surface area (Å²) in [6, 6.07) is 26.8. The molecule has 176 valence electrons. The smallest absolute Gasteiger partial charge is 0.326 e. The minimum absolute atomic E-state index is 0.0753. The Bertz CT molecular complexity index is 1010. The Morgan fingerprint density at radius 3 is 1.59 bits per heavy atom. The number of carboxylic acids is 1. The molecule has 0 radical (unpaired) electrons. The van der Waals surface area contributed by atoms with Crippen molar-refractivity contribution >= 4 is 17.8 Å². The Labute approximate surface area is 199 Å². The molecule has 3 aromatic carbocycles. The van der Waals surface area contributed by atoms with Crippen LogP contribution in [0.15, 0.2) is 91.0 Å². The Balaban J connectivity index is 1.96. The minimum Gasteiger partial charge on any atom is -0.480 e. The van der Waals surface area contributed by atoms with Gasteiger partial charge in [0, 0.05) is 6.42 Å². The van der Waals surface area contributed by atoms with Gasteiger partial charge in [0.25, 0.3) is 0 Å². The van der Waals surface area contributed by atoms with Crippen molar-refractivity contribution in [3.8, 4) is 0 Å². The average Bonchev–Trinajstić information content (AvgIpc) is 2.86. The van der Waals surface area contributed by atoms with Crippen LogP contribution in [0.3, 0.4) is 0 Å². The van der Waals surface area contributed by atoms with Crippen LogP contribution in [0, 0.1) is 0 Å². The molecule has 0 aliphatic carbocycles. The van der Waals surface area contributed by atoms with Gasteiger partial charge in [-0.05, 0) is 30.0 Å². The maximum atomic E-state index is 13.3. The first-order chi connectivity index (χ1) is 16.3. The highest BCUT2D eigenvalue weighted by molar-refractivity contribution is 5.87. The molecule has 0 fully saturated rings. The van der Waals surface area contributed by atoms with Crippen LogP contribution in [0.25, 0.3) is 0 Å². The third-order valence-electron chi connectivity index (χ3n) is 5.64. The van der Waals surface area contributed by atoms with Gasteiger partial charge < -0.3 is 21.5 Å². The molecule has 2 atom stereocenters. The zero-order valence-corrected chi connectivity index (χ0v) is 19.0. The zero-order valence-electron chi connectivity index (χ0n) is 19.0. The summed E-state index contributed by atoms with van der Waals surface area (Å²) < 4.78 is 0. The molecule has 5 N–H and O–H groups in total. The second-order valence-corrected chi connectivity index (χ2v) is 8.12. The summed E-state index contributed by atoms with van der Waals surface area (Å²) in [5.41, 5.74) is 7.13. The molecule has 3 aromatic rings. The van der Waals surface area contributed by atoms with Crippen LogP contribution < -0.4 is 16.4 Å². The predicted molar refractivity (Wildman–Crippen MR) is 130 cm³/mol. The number of hydrogen-bond donors (Lipinski definition) is 4. The van der Waals surface area contributed by atoms with Gasteiger partial charge in [-0.1, -0.05) is 91.0 Å². The van der Waals surface area contributed by atoms with E-state index >= 15 is 0 Å². The van der Waals surface area contributed by atoms with Gasteiger partial charge in [0.15, 0.2) is 0 Å². The molecular weight excluding hydrogens is 430 g/mol. The molecule has 0 heterocycles. The lowest BCUT2D eigenvalue weighted by Gasteiger charge is -2.37. The summed E-state index contributed by atoms with van der Waals surface area (Å²) in [6.07, 6.45) is -0.182. The number of nitrogens with two attached hydrogens (primary N) is 1. The molecule has 0 spiro atoms. The fourth-order valence-corrected chi connectivity index (χ4v) is 3.89. The highest BCUT2D eigenvalue weighted by atomic mass is 16.4. The van der Waals surface area contributed by atoms with Crippen LogP contribution in [0.2, 0.25) is 0 Å². The van der Waals surface area contributed by atoms with Crippen LogP contribution in [0.1, 0.15) is 36.5 Å². The van der Waals surface area contributed by atoms with E-state index < -0.39 is 29.5 Å². The second kappa shape index (κ2) is 11.2. The SMILES string of the molecule is C[C@H](N)C(=O)N[C@@H](CCC(=O)NC(c1ccccc1)(c1ccccc1)c1ccccc1)C(=O)O. The molecule has 2 amide bonds. The summed E-state index contributed by atoms with van der Waals surface area (Å²) in [4.78, 5) is 36.8. The van der Waals surface area contributed by atoms with Crippen LogP contribution in [0.5, 0.6) is 0 Å². The lowest BCUT2D eigenvalue weighted by Crippen LogP contribution is -2.49. The van der Waals surface area contributed by atoms with E-state index in [-0.39, 0.29) is 18.7 Å². The van der Waals surface area contributed by atoms with Crippen molar-refractivity contribution in [2.75, 3.05) is 0 Å². The molecule has 3 rings (SSSR count). The number of nitrogens with one attached hydrogen (secondary N) is 2. The Hall–Kier alpha value is -3.97. The fraction of sp³-hybridized carbons (Fsp3) is 0.222. The van der Waals surface area contributed by atoms with Gasteiger partial charge in [0.05, 0.1) is 6.04 Å². The zero-order chi connectivity index (χ0) is 24.6. The van der Waals surface area contributed by atoms with E-state index in [2.05, 4.69) is 10.6 Å². The Morgan fingerprint density at radius 2 is 1.24 bits per heavy atom. The van der Waals surface area contributed by atoms with Crippen molar-refractivity contribution in [2.45, 2.75) is 37.4 Å². The monoisotopic (exact) mass is 459 g/mol. The highest BCUT2D eigenvalue weighted by Crippen LogP contribution is 2.36. The molecule has 0 aliphatic heterocycles. The van der Waals surface area contributed by atoms with Crippen molar-refractivity contribution in [3.63, 3.8) is 0 Å². The maximum absolute atomic E-state index is 13.3. The Morgan fingerprint density at radius 1 is 0.824 bits per heavy atom. The van der Waals surface area contributed by atoms with Gasteiger partial charge in [-0.25, -0.2) is 4.79 Å². The second-order valence-electron chi connectivity index (χ2n) is 8.12. The van der Waals surface area contributed by atoms with Crippen molar-refractivity contribution in [1.29, 1.82) is 0 Å². The number of carbonyl (C=O) groups excluding carboxylic acids is 2. The number of benzene rings is 3. The molecule has 0 saturated heterocycles. The lowest BCUT2D eigenvalue weighted by atomic mass is 9.77. The number of amides is 2. The molecule has 34 heavy (non-hydrogen) atoms. The molecule has 0 saturated carbocycles. The summed E-state index contributed by atoms with van der Waals surface area (Å²) in [5.74, 6) is -2.15. The number of carbonyl (C=O) groups is 3. The van der Waals surface area contributed by atoms with Crippen molar-refractivity contribution < 1.29 is 19.5 Å². The van der Waals surface area contributed by atoms with Crippen molar-refractivity contribution in [3.05, 3.63) is 108 Å². The molecule has 0 unspecified atom stereocenters. The van der Waals surface area contributed by atoms with Gasteiger partial charge in [0.2, 0.25) is 11.8 Å². The van der Waals surface area contributed by atoms with Crippen molar-refractivity contribution in [2.24, 2.45) is 5.73 Å². The van der Waals surface area contributed by atoms with Crippen LogP contribution in [-0.4, -0.2) is 35.0 Å². The first kappa shape index (κ1) is 24.7. The van der Waals surface area contributed by atoms with E-state index in [4.69, 9.17) is 5.73 Å². The molecule has 0 bridgehead atoms. The van der Waals surface area contributed by atoms with Crippen LogP contribution in [0.4, 0.5) is 0 Å².